The van der Waals surface area contributed by atoms with Crippen LogP contribution in [0.1, 0.15) is 38.7 Å². The van der Waals surface area contributed by atoms with Crippen LogP contribution in [0.15, 0.2) is 24.3 Å². The molecule has 0 saturated heterocycles. The summed E-state index contributed by atoms with van der Waals surface area (Å²) in [5.41, 5.74) is 6.79. The maximum Gasteiger partial charge on any atom is 0.222 e. The number of nitrogens with one attached hydrogen (secondary N) is 1. The molecule has 0 unspecified atom stereocenters. The van der Waals surface area contributed by atoms with E-state index in [-0.39, 0.29) is 17.6 Å². The molecule has 1 rings (SSSR count). The molecule has 0 aliphatic heterocycles. The number of aliphatic hydroxyl groups excluding tert-OH is 1. The fraction of sp³-hybridized carbons (Fsp3) is 0.611. The molecule has 0 aliphatic carbocycles. The van der Waals surface area contributed by atoms with E-state index in [0.717, 1.165) is 18.4 Å². The monoisotopic (exact) mass is 324 g/mol. The van der Waals surface area contributed by atoms with Crippen molar-refractivity contribution in [2.24, 2.45) is 17.6 Å². The van der Waals surface area contributed by atoms with Gasteiger partial charge in [0, 0.05) is 19.0 Å². The van der Waals surface area contributed by atoms with Crippen LogP contribution in [-0.2, 0) is 11.2 Å². The second-order valence-electron chi connectivity index (χ2n) is 6.58. The van der Waals surface area contributed by atoms with Crippen LogP contribution in [0.4, 0.5) is 4.39 Å². The van der Waals surface area contributed by atoms with Gasteiger partial charge in [-0.2, -0.15) is 0 Å². The Morgan fingerprint density at radius 3 is 2.61 bits per heavy atom. The normalized spacial score (nSPS) is 15.3. The Morgan fingerprint density at radius 2 is 2.04 bits per heavy atom. The third-order valence-corrected chi connectivity index (χ3v) is 4.09. The summed E-state index contributed by atoms with van der Waals surface area (Å²) in [6, 6.07) is 5.67. The van der Waals surface area contributed by atoms with Crippen molar-refractivity contribution >= 4 is 5.91 Å². The predicted molar refractivity (Wildman–Crippen MR) is 90.3 cm³/mol. The Balaban J connectivity index is 2.61. The first-order valence-electron chi connectivity index (χ1n) is 8.23. The number of aliphatic hydroxyl groups is 1. The summed E-state index contributed by atoms with van der Waals surface area (Å²) >= 11 is 0. The number of nitrogens with two attached hydrogens (primary N) is 1. The van der Waals surface area contributed by atoms with E-state index in [1.165, 1.54) is 12.1 Å². The van der Waals surface area contributed by atoms with E-state index in [2.05, 4.69) is 19.2 Å². The molecular formula is C18H29FN2O2. The number of halogens is 1. The Morgan fingerprint density at radius 1 is 1.35 bits per heavy atom. The minimum atomic E-state index is -0.798. The standard InChI is InChI=1S/C18H29FN2O2/c1-12(2)7-8-14(18(23)21-3)11-17(22)16(20)10-13-5-4-6-15(19)9-13/h4-6,9,12,14,16-17,22H,7-8,10-11,20H2,1-3H3,(H,21,23)/t14-,16+,17+/m1/s1. The Kier molecular flexibility index (Phi) is 8.20. The number of carbonyl (C=O) groups is 1. The number of amides is 1. The second kappa shape index (κ2) is 9.63. The molecule has 4 N–H and O–H groups in total. The summed E-state index contributed by atoms with van der Waals surface area (Å²) in [5, 5.41) is 13.0. The van der Waals surface area contributed by atoms with Crippen LogP contribution < -0.4 is 11.1 Å². The van der Waals surface area contributed by atoms with Crippen LogP contribution in [0, 0.1) is 17.7 Å². The summed E-state index contributed by atoms with van der Waals surface area (Å²) < 4.78 is 13.2. The van der Waals surface area contributed by atoms with Crippen LogP contribution in [0.3, 0.4) is 0 Å². The molecule has 5 heteroatoms. The van der Waals surface area contributed by atoms with E-state index in [0.29, 0.717) is 18.8 Å². The highest BCUT2D eigenvalue weighted by Crippen LogP contribution is 2.20. The topological polar surface area (TPSA) is 75.3 Å². The summed E-state index contributed by atoms with van der Waals surface area (Å²) in [7, 11) is 1.60. The van der Waals surface area contributed by atoms with E-state index in [1.54, 1.807) is 19.2 Å². The molecule has 0 spiro atoms. The highest BCUT2D eigenvalue weighted by Gasteiger charge is 2.25. The molecule has 0 radical (unpaired) electrons. The zero-order chi connectivity index (χ0) is 17.4. The third kappa shape index (κ3) is 7.10. The smallest absolute Gasteiger partial charge is 0.222 e. The molecule has 23 heavy (non-hydrogen) atoms. The molecule has 0 heterocycles. The second-order valence-corrected chi connectivity index (χ2v) is 6.58. The van der Waals surface area contributed by atoms with Crippen molar-refractivity contribution in [3.63, 3.8) is 0 Å². The molecule has 0 saturated carbocycles. The lowest BCUT2D eigenvalue weighted by atomic mass is 9.88. The largest absolute Gasteiger partial charge is 0.391 e. The van der Waals surface area contributed by atoms with E-state index < -0.39 is 12.1 Å². The zero-order valence-corrected chi connectivity index (χ0v) is 14.3. The molecule has 1 aromatic carbocycles. The summed E-state index contributed by atoms with van der Waals surface area (Å²) in [6.45, 7) is 4.21. The van der Waals surface area contributed by atoms with E-state index in [4.69, 9.17) is 5.73 Å². The number of hydrogen-bond donors (Lipinski definition) is 3. The first-order chi connectivity index (χ1) is 10.8. The molecular weight excluding hydrogens is 295 g/mol. The van der Waals surface area contributed by atoms with Gasteiger partial charge in [-0.05, 0) is 42.9 Å². The molecule has 3 atom stereocenters. The molecule has 1 amide bonds. The Bertz CT molecular complexity index is 494. The maximum atomic E-state index is 13.2. The molecule has 0 bridgehead atoms. The van der Waals surface area contributed by atoms with Crippen molar-refractivity contribution < 1.29 is 14.3 Å². The van der Waals surface area contributed by atoms with Crippen molar-refractivity contribution in [1.82, 2.24) is 5.32 Å². The van der Waals surface area contributed by atoms with Crippen molar-refractivity contribution in [3.8, 4) is 0 Å². The molecule has 0 aliphatic rings. The summed E-state index contributed by atoms with van der Waals surface area (Å²) in [5.74, 6) is -0.136. The fourth-order valence-electron chi connectivity index (χ4n) is 2.63. The first kappa shape index (κ1) is 19.6. The van der Waals surface area contributed by atoms with Gasteiger partial charge in [0.1, 0.15) is 5.82 Å². The van der Waals surface area contributed by atoms with Crippen LogP contribution >= 0.6 is 0 Å². The average molecular weight is 324 g/mol. The van der Waals surface area contributed by atoms with Gasteiger partial charge in [0.05, 0.1) is 6.10 Å². The summed E-state index contributed by atoms with van der Waals surface area (Å²) in [6.07, 6.45) is 1.55. The van der Waals surface area contributed by atoms with Crippen molar-refractivity contribution in [2.75, 3.05) is 7.05 Å². The lowest BCUT2D eigenvalue weighted by Gasteiger charge is -2.24. The average Bonchev–Trinajstić information content (AvgIpc) is 2.50. The maximum absolute atomic E-state index is 13.2. The van der Waals surface area contributed by atoms with Gasteiger partial charge in [-0.1, -0.05) is 32.4 Å². The Labute approximate surface area is 138 Å². The van der Waals surface area contributed by atoms with Crippen LogP contribution in [0.2, 0.25) is 0 Å². The molecule has 4 nitrogen and oxygen atoms in total. The number of hydrogen-bond acceptors (Lipinski definition) is 3. The molecule has 1 aromatic rings. The predicted octanol–water partition coefficient (Wildman–Crippen LogP) is 2.24. The van der Waals surface area contributed by atoms with Crippen molar-refractivity contribution in [3.05, 3.63) is 35.6 Å². The highest BCUT2D eigenvalue weighted by atomic mass is 19.1. The van der Waals surface area contributed by atoms with Gasteiger partial charge in [0.2, 0.25) is 5.91 Å². The fourth-order valence-corrected chi connectivity index (χ4v) is 2.63. The zero-order valence-electron chi connectivity index (χ0n) is 14.3. The van der Waals surface area contributed by atoms with Gasteiger partial charge >= 0.3 is 0 Å². The number of carbonyl (C=O) groups excluding carboxylic acids is 1. The van der Waals surface area contributed by atoms with E-state index >= 15 is 0 Å². The van der Waals surface area contributed by atoms with Gasteiger partial charge < -0.3 is 16.2 Å². The number of rotatable bonds is 9. The third-order valence-electron chi connectivity index (χ3n) is 4.09. The molecule has 0 aromatic heterocycles. The van der Waals surface area contributed by atoms with Gasteiger partial charge in [-0.25, -0.2) is 4.39 Å². The molecule has 0 fully saturated rings. The molecule has 130 valence electrons. The van der Waals surface area contributed by atoms with E-state index in [1.807, 2.05) is 0 Å². The van der Waals surface area contributed by atoms with Gasteiger partial charge in [-0.15, -0.1) is 0 Å². The van der Waals surface area contributed by atoms with Gasteiger partial charge in [-0.3, -0.25) is 4.79 Å². The minimum Gasteiger partial charge on any atom is -0.391 e. The van der Waals surface area contributed by atoms with Gasteiger partial charge in [0.25, 0.3) is 0 Å². The Hall–Kier alpha value is -1.46. The van der Waals surface area contributed by atoms with Crippen LogP contribution in [-0.4, -0.2) is 30.2 Å². The number of benzene rings is 1. The summed E-state index contributed by atoms with van der Waals surface area (Å²) in [4.78, 5) is 12.0. The highest BCUT2D eigenvalue weighted by molar-refractivity contribution is 5.78. The lowest BCUT2D eigenvalue weighted by Crippen LogP contribution is -2.40. The van der Waals surface area contributed by atoms with Crippen molar-refractivity contribution in [2.45, 2.75) is 51.7 Å². The van der Waals surface area contributed by atoms with Crippen LogP contribution in [0.5, 0.6) is 0 Å². The van der Waals surface area contributed by atoms with Gasteiger partial charge in [0.15, 0.2) is 0 Å². The quantitative estimate of drug-likeness (QED) is 0.652. The van der Waals surface area contributed by atoms with Crippen LogP contribution in [0.25, 0.3) is 0 Å². The lowest BCUT2D eigenvalue weighted by molar-refractivity contribution is -0.126. The first-order valence-corrected chi connectivity index (χ1v) is 8.23. The van der Waals surface area contributed by atoms with Crippen molar-refractivity contribution in [1.29, 1.82) is 0 Å². The minimum absolute atomic E-state index is 0.0670. The SMILES string of the molecule is CNC(=O)[C@H](CCC(C)C)C[C@H](O)[C@@H](N)Cc1cccc(F)c1. The van der Waals surface area contributed by atoms with E-state index in [9.17, 15) is 14.3 Å².